The molecule has 0 bridgehead atoms. The van der Waals surface area contributed by atoms with Crippen LogP contribution in [0.3, 0.4) is 0 Å². The summed E-state index contributed by atoms with van der Waals surface area (Å²) < 4.78 is 44.5. The van der Waals surface area contributed by atoms with E-state index in [1.54, 1.807) is 10.4 Å². The van der Waals surface area contributed by atoms with Crippen LogP contribution in [0.25, 0.3) is 0 Å². The number of nitrogens with zero attached hydrogens (tertiary/aromatic N) is 1. The Morgan fingerprint density at radius 3 is 2.19 bits per heavy atom. The molecule has 32 heavy (non-hydrogen) atoms. The van der Waals surface area contributed by atoms with Crippen molar-refractivity contribution in [3.63, 3.8) is 0 Å². The van der Waals surface area contributed by atoms with Crippen LogP contribution in [0.15, 0.2) is 29.2 Å². The smallest absolute Gasteiger partial charge is 0.247 e. The minimum Gasteiger partial charge on any atom is -0.393 e. The van der Waals surface area contributed by atoms with Crippen LogP contribution in [-0.4, -0.2) is 35.5 Å². The normalized spacial score (nSPS) is 27.0. The summed E-state index contributed by atoms with van der Waals surface area (Å²) in [6, 6.07) is 5.44. The quantitative estimate of drug-likeness (QED) is 0.610. The summed E-state index contributed by atoms with van der Waals surface area (Å²) in [4.78, 5) is -0.254. The van der Waals surface area contributed by atoms with Crippen LogP contribution in [0.4, 0.5) is 4.39 Å². The number of halogens is 1. The van der Waals surface area contributed by atoms with E-state index in [9.17, 15) is 17.9 Å². The number of rotatable bonds is 4. The van der Waals surface area contributed by atoms with Crippen molar-refractivity contribution >= 4 is 10.0 Å². The maximum absolute atomic E-state index is 14.8. The van der Waals surface area contributed by atoms with Crippen molar-refractivity contribution < 1.29 is 17.9 Å². The van der Waals surface area contributed by atoms with Gasteiger partial charge < -0.3 is 5.11 Å². The van der Waals surface area contributed by atoms with Crippen LogP contribution < -0.4 is 0 Å². The van der Waals surface area contributed by atoms with E-state index >= 15 is 0 Å². The molecule has 3 fully saturated rings. The number of benzene rings is 1. The van der Waals surface area contributed by atoms with E-state index in [1.807, 2.05) is 0 Å². The zero-order valence-electron chi connectivity index (χ0n) is 18.9. The molecule has 0 heterocycles. The highest BCUT2D eigenvalue weighted by Crippen LogP contribution is 2.42. The van der Waals surface area contributed by atoms with Gasteiger partial charge in [0.2, 0.25) is 10.0 Å². The topological polar surface area (TPSA) is 57.6 Å². The van der Waals surface area contributed by atoms with Crippen LogP contribution in [0, 0.1) is 23.6 Å². The highest BCUT2D eigenvalue weighted by molar-refractivity contribution is 7.89. The summed E-state index contributed by atoms with van der Waals surface area (Å²) in [7, 11) is -4.09. The van der Waals surface area contributed by atoms with Gasteiger partial charge in [-0.25, -0.2) is 12.8 Å². The third-order valence-electron chi connectivity index (χ3n) is 7.59. The molecule has 1 aromatic rings. The van der Waals surface area contributed by atoms with Crippen LogP contribution in [0.2, 0.25) is 0 Å². The first-order chi connectivity index (χ1) is 15.4. The van der Waals surface area contributed by atoms with Gasteiger partial charge in [0.15, 0.2) is 0 Å². The second-order valence-corrected chi connectivity index (χ2v) is 11.7. The predicted octanol–water partition coefficient (Wildman–Crippen LogP) is 5.41. The van der Waals surface area contributed by atoms with Crippen molar-refractivity contribution in [2.75, 3.05) is 0 Å². The van der Waals surface area contributed by atoms with Gasteiger partial charge in [-0.3, -0.25) is 0 Å². The molecular weight excluding hydrogens is 425 g/mol. The van der Waals surface area contributed by atoms with Gasteiger partial charge >= 0.3 is 0 Å². The SMILES string of the molecule is O=S(=O)(c1ccccc1F)N(C1CCC(O)CC1)C1(C#CC2CCCCC2)CCCCC1. The van der Waals surface area contributed by atoms with Crippen molar-refractivity contribution in [2.45, 2.75) is 112 Å². The minimum absolute atomic E-state index is 0.254. The van der Waals surface area contributed by atoms with E-state index in [-0.39, 0.29) is 17.0 Å². The number of hydrogen-bond donors (Lipinski definition) is 1. The summed E-state index contributed by atoms with van der Waals surface area (Å²) in [5.74, 6) is 6.64. The Balaban J connectivity index is 1.79. The monoisotopic (exact) mass is 461 g/mol. The Labute approximate surface area is 192 Å². The Morgan fingerprint density at radius 1 is 0.906 bits per heavy atom. The van der Waals surface area contributed by atoms with Crippen LogP contribution in [0.5, 0.6) is 0 Å². The fourth-order valence-corrected chi connectivity index (χ4v) is 7.92. The third kappa shape index (κ3) is 5.05. The molecule has 6 heteroatoms. The summed E-state index contributed by atoms with van der Waals surface area (Å²) in [5.41, 5.74) is -0.788. The van der Waals surface area contributed by atoms with Crippen molar-refractivity contribution in [3.05, 3.63) is 30.1 Å². The molecule has 0 aliphatic heterocycles. The fourth-order valence-electron chi connectivity index (χ4n) is 5.85. The molecule has 0 spiro atoms. The average Bonchev–Trinajstić information content (AvgIpc) is 2.81. The van der Waals surface area contributed by atoms with E-state index < -0.39 is 21.4 Å². The first kappa shape index (κ1) is 23.7. The van der Waals surface area contributed by atoms with Gasteiger partial charge in [-0.05, 0) is 63.5 Å². The molecule has 3 saturated carbocycles. The van der Waals surface area contributed by atoms with Crippen LogP contribution in [0.1, 0.15) is 89.9 Å². The largest absolute Gasteiger partial charge is 0.393 e. The van der Waals surface area contributed by atoms with Gasteiger partial charge in [0.25, 0.3) is 0 Å². The van der Waals surface area contributed by atoms with Gasteiger partial charge in [0.05, 0.1) is 11.6 Å². The van der Waals surface area contributed by atoms with E-state index in [0.717, 1.165) is 32.1 Å². The molecule has 0 amide bonds. The molecule has 0 saturated heterocycles. The molecule has 0 radical (unpaired) electrons. The molecule has 3 aliphatic rings. The molecule has 4 rings (SSSR count). The first-order valence-electron chi connectivity index (χ1n) is 12.4. The van der Waals surface area contributed by atoms with Gasteiger partial charge in [-0.1, -0.05) is 62.5 Å². The zero-order valence-corrected chi connectivity index (χ0v) is 19.8. The standard InChI is InChI=1S/C26H36FNO3S/c27-24-11-5-6-12-25(24)32(30,31)28(22-13-15-23(29)16-14-22)26(18-7-2-8-19-26)20-17-21-9-3-1-4-10-21/h5-6,11-12,21-23,29H,1-4,7-10,13-16,18-19H2. The predicted molar refractivity (Wildman–Crippen MR) is 124 cm³/mol. The Morgan fingerprint density at radius 2 is 1.53 bits per heavy atom. The molecule has 0 unspecified atom stereocenters. The van der Waals surface area contributed by atoms with Crippen molar-refractivity contribution in [1.82, 2.24) is 4.31 Å². The van der Waals surface area contributed by atoms with Crippen LogP contribution in [-0.2, 0) is 10.0 Å². The van der Waals surface area contributed by atoms with E-state index in [0.29, 0.717) is 44.4 Å². The molecule has 176 valence electrons. The molecular formula is C26H36FNO3S. The average molecular weight is 462 g/mol. The number of aliphatic hydroxyl groups excluding tert-OH is 1. The van der Waals surface area contributed by atoms with E-state index in [2.05, 4.69) is 11.8 Å². The molecule has 1 aromatic carbocycles. The Bertz CT molecular complexity index is 931. The lowest BCUT2D eigenvalue weighted by Crippen LogP contribution is -2.57. The summed E-state index contributed by atoms with van der Waals surface area (Å²) in [6.07, 6.45) is 12.0. The highest BCUT2D eigenvalue weighted by Gasteiger charge is 2.48. The molecule has 1 N–H and O–H groups in total. The number of sulfonamides is 1. The second kappa shape index (κ2) is 10.2. The highest BCUT2D eigenvalue weighted by atomic mass is 32.2. The third-order valence-corrected chi connectivity index (χ3v) is 9.64. The van der Waals surface area contributed by atoms with Crippen molar-refractivity contribution in [3.8, 4) is 11.8 Å². The lowest BCUT2D eigenvalue weighted by molar-refractivity contribution is 0.0666. The Hall–Kier alpha value is -1.42. The summed E-state index contributed by atoms with van der Waals surface area (Å²) >= 11 is 0. The van der Waals surface area contributed by atoms with E-state index in [4.69, 9.17) is 0 Å². The summed E-state index contributed by atoms with van der Waals surface area (Å²) in [6.45, 7) is 0. The minimum atomic E-state index is -4.09. The lowest BCUT2D eigenvalue weighted by atomic mass is 9.79. The molecule has 4 nitrogen and oxygen atoms in total. The fraction of sp³-hybridized carbons (Fsp3) is 0.692. The zero-order chi connectivity index (χ0) is 22.6. The van der Waals surface area contributed by atoms with Gasteiger partial charge in [-0.15, -0.1) is 0 Å². The summed E-state index contributed by atoms with van der Waals surface area (Å²) in [5, 5.41) is 10.1. The second-order valence-electron chi connectivity index (χ2n) is 9.89. The van der Waals surface area contributed by atoms with Crippen LogP contribution >= 0.6 is 0 Å². The van der Waals surface area contributed by atoms with Gasteiger partial charge in [0, 0.05) is 12.0 Å². The van der Waals surface area contributed by atoms with Gasteiger partial charge in [-0.2, -0.15) is 4.31 Å². The molecule has 0 aromatic heterocycles. The number of aliphatic hydroxyl groups is 1. The van der Waals surface area contributed by atoms with Crippen molar-refractivity contribution in [1.29, 1.82) is 0 Å². The Kier molecular flexibility index (Phi) is 7.59. The maximum atomic E-state index is 14.8. The molecule has 0 atom stereocenters. The van der Waals surface area contributed by atoms with Crippen molar-refractivity contribution in [2.24, 2.45) is 5.92 Å². The number of hydrogen-bond acceptors (Lipinski definition) is 3. The molecule has 3 aliphatic carbocycles. The first-order valence-corrected chi connectivity index (χ1v) is 13.9. The lowest BCUT2D eigenvalue weighted by Gasteiger charge is -2.47. The van der Waals surface area contributed by atoms with Gasteiger partial charge in [0.1, 0.15) is 10.7 Å². The van der Waals surface area contributed by atoms with E-state index in [1.165, 1.54) is 37.5 Å². The maximum Gasteiger partial charge on any atom is 0.247 e.